The summed E-state index contributed by atoms with van der Waals surface area (Å²) < 4.78 is 6.67. The lowest BCUT2D eigenvalue weighted by molar-refractivity contribution is 0.153. The third-order valence-corrected chi connectivity index (χ3v) is 4.45. The highest BCUT2D eigenvalue weighted by Crippen LogP contribution is 2.18. The Bertz CT molecular complexity index is 735. The number of rotatable bonds is 6. The van der Waals surface area contributed by atoms with Crippen LogP contribution >= 0.6 is 11.3 Å². The van der Waals surface area contributed by atoms with Crippen molar-refractivity contribution in [1.82, 2.24) is 14.6 Å². The molecule has 0 aliphatic carbocycles. The number of nitrogens with zero attached hydrogens (tertiary/aromatic N) is 3. The van der Waals surface area contributed by atoms with Crippen molar-refractivity contribution in [3.05, 3.63) is 33.8 Å². The summed E-state index contributed by atoms with van der Waals surface area (Å²) in [5.41, 5.74) is 2.15. The summed E-state index contributed by atoms with van der Waals surface area (Å²) in [6, 6.07) is 1.58. The molecule has 0 atom stereocenters. The quantitative estimate of drug-likeness (QED) is 0.827. The molecule has 22 heavy (non-hydrogen) atoms. The molecule has 0 bridgehead atoms. The van der Waals surface area contributed by atoms with E-state index < -0.39 is 0 Å². The predicted molar refractivity (Wildman–Crippen MR) is 87.8 cm³/mol. The predicted octanol–water partition coefficient (Wildman–Crippen LogP) is 2.25. The number of aryl methyl sites for hydroxylation is 1. The van der Waals surface area contributed by atoms with Gasteiger partial charge in [-0.3, -0.25) is 4.79 Å². The van der Waals surface area contributed by atoms with Crippen LogP contribution in [0.2, 0.25) is 0 Å². The Morgan fingerprint density at radius 3 is 3.14 bits per heavy atom. The molecule has 6 nitrogen and oxygen atoms in total. The van der Waals surface area contributed by atoms with Crippen molar-refractivity contribution in [1.29, 1.82) is 0 Å². The van der Waals surface area contributed by atoms with Crippen LogP contribution in [0.15, 0.2) is 22.5 Å². The lowest BCUT2D eigenvalue weighted by Gasteiger charge is -2.13. The first kappa shape index (κ1) is 15.2. The van der Waals surface area contributed by atoms with Crippen molar-refractivity contribution >= 4 is 21.4 Å². The van der Waals surface area contributed by atoms with Crippen LogP contribution < -0.4 is 10.9 Å². The standard InChI is InChI=1S/C15H20N4O2S/c1-2-3-12-10-13(20)19-15(17-12)22-14(18-19)16-7-4-11-5-8-21-9-6-11/h5,10H,2-4,6-9H2,1H3,(H,16,18). The third-order valence-electron chi connectivity index (χ3n) is 3.58. The van der Waals surface area contributed by atoms with E-state index in [2.05, 4.69) is 28.4 Å². The second-order valence-electron chi connectivity index (χ2n) is 5.30. The van der Waals surface area contributed by atoms with Crippen LogP contribution in [-0.4, -0.2) is 34.4 Å². The molecule has 2 aromatic rings. The van der Waals surface area contributed by atoms with E-state index in [0.717, 1.165) is 56.3 Å². The van der Waals surface area contributed by atoms with E-state index in [0.29, 0.717) is 4.96 Å². The minimum Gasteiger partial charge on any atom is -0.377 e. The molecule has 0 amide bonds. The zero-order valence-electron chi connectivity index (χ0n) is 12.7. The topological polar surface area (TPSA) is 68.5 Å². The fourth-order valence-corrected chi connectivity index (χ4v) is 3.28. The number of ether oxygens (including phenoxy) is 1. The summed E-state index contributed by atoms with van der Waals surface area (Å²) in [6.07, 6.45) is 5.92. The minimum absolute atomic E-state index is 0.107. The third kappa shape index (κ3) is 3.53. The largest absolute Gasteiger partial charge is 0.377 e. The van der Waals surface area contributed by atoms with E-state index in [4.69, 9.17) is 4.74 Å². The lowest BCUT2D eigenvalue weighted by Crippen LogP contribution is -2.15. The van der Waals surface area contributed by atoms with Crippen LogP contribution in [0.1, 0.15) is 31.9 Å². The van der Waals surface area contributed by atoms with E-state index in [1.54, 1.807) is 6.07 Å². The molecule has 1 N–H and O–H groups in total. The van der Waals surface area contributed by atoms with Crippen LogP contribution in [0.25, 0.3) is 4.96 Å². The second kappa shape index (κ2) is 7.02. The highest BCUT2D eigenvalue weighted by molar-refractivity contribution is 7.20. The molecule has 0 aromatic carbocycles. The molecule has 0 saturated carbocycles. The van der Waals surface area contributed by atoms with Gasteiger partial charge in [0.05, 0.1) is 13.2 Å². The Morgan fingerprint density at radius 2 is 2.36 bits per heavy atom. The van der Waals surface area contributed by atoms with Gasteiger partial charge in [-0.15, -0.1) is 5.10 Å². The van der Waals surface area contributed by atoms with Gasteiger partial charge in [-0.05, 0) is 19.3 Å². The Labute approximate surface area is 132 Å². The Balaban J connectivity index is 1.68. The summed E-state index contributed by atoms with van der Waals surface area (Å²) in [5.74, 6) is 0. The van der Waals surface area contributed by atoms with Crippen molar-refractivity contribution in [2.45, 2.75) is 32.6 Å². The molecule has 1 aliphatic heterocycles. The number of hydrogen-bond donors (Lipinski definition) is 1. The maximum Gasteiger partial charge on any atom is 0.275 e. The Kier molecular flexibility index (Phi) is 4.84. The summed E-state index contributed by atoms with van der Waals surface area (Å²) in [4.78, 5) is 17.2. The number of aromatic nitrogens is 3. The summed E-state index contributed by atoms with van der Waals surface area (Å²) in [5, 5.41) is 8.33. The molecular formula is C15H20N4O2S. The molecule has 7 heteroatoms. The molecule has 1 aliphatic rings. The zero-order valence-corrected chi connectivity index (χ0v) is 13.5. The van der Waals surface area contributed by atoms with Gasteiger partial charge in [0.2, 0.25) is 10.1 Å². The average Bonchev–Trinajstić information content (AvgIpc) is 2.92. The first-order valence-electron chi connectivity index (χ1n) is 7.65. The Morgan fingerprint density at radius 1 is 1.45 bits per heavy atom. The maximum atomic E-state index is 12.0. The lowest BCUT2D eigenvalue weighted by atomic mass is 10.1. The van der Waals surface area contributed by atoms with Crippen LogP contribution in [-0.2, 0) is 11.2 Å². The van der Waals surface area contributed by atoms with Gasteiger partial charge in [-0.2, -0.15) is 4.52 Å². The van der Waals surface area contributed by atoms with Gasteiger partial charge in [0.15, 0.2) is 0 Å². The zero-order chi connectivity index (χ0) is 15.4. The van der Waals surface area contributed by atoms with Crippen molar-refractivity contribution in [3.63, 3.8) is 0 Å². The molecule has 3 rings (SSSR count). The van der Waals surface area contributed by atoms with Crippen LogP contribution in [0.5, 0.6) is 0 Å². The minimum atomic E-state index is -0.107. The number of hydrogen-bond acceptors (Lipinski definition) is 6. The molecule has 0 spiro atoms. The Hall–Kier alpha value is -1.73. The van der Waals surface area contributed by atoms with Crippen molar-refractivity contribution in [2.75, 3.05) is 25.1 Å². The number of anilines is 1. The van der Waals surface area contributed by atoms with Gasteiger partial charge >= 0.3 is 0 Å². The molecule has 0 radical (unpaired) electrons. The van der Waals surface area contributed by atoms with Gasteiger partial charge in [-0.25, -0.2) is 4.98 Å². The van der Waals surface area contributed by atoms with E-state index in [1.807, 2.05) is 0 Å². The summed E-state index contributed by atoms with van der Waals surface area (Å²) in [7, 11) is 0. The summed E-state index contributed by atoms with van der Waals surface area (Å²) in [6.45, 7) is 4.42. The molecule has 0 saturated heterocycles. The van der Waals surface area contributed by atoms with E-state index in [9.17, 15) is 4.79 Å². The fourth-order valence-electron chi connectivity index (χ4n) is 2.43. The van der Waals surface area contributed by atoms with Crippen molar-refractivity contribution < 1.29 is 4.74 Å². The van der Waals surface area contributed by atoms with E-state index in [1.165, 1.54) is 21.4 Å². The SMILES string of the molecule is CCCc1cc(=O)n2nc(NCCC3=CCOCC3)sc2n1. The summed E-state index contributed by atoms with van der Waals surface area (Å²) >= 11 is 1.42. The van der Waals surface area contributed by atoms with Gasteiger partial charge in [0.25, 0.3) is 5.56 Å². The highest BCUT2D eigenvalue weighted by atomic mass is 32.1. The van der Waals surface area contributed by atoms with Gasteiger partial charge in [-0.1, -0.05) is 36.3 Å². The first-order chi connectivity index (χ1) is 10.8. The monoisotopic (exact) mass is 320 g/mol. The first-order valence-corrected chi connectivity index (χ1v) is 8.47. The molecular weight excluding hydrogens is 300 g/mol. The van der Waals surface area contributed by atoms with E-state index in [-0.39, 0.29) is 5.56 Å². The van der Waals surface area contributed by atoms with Crippen molar-refractivity contribution in [2.24, 2.45) is 0 Å². The average molecular weight is 320 g/mol. The smallest absolute Gasteiger partial charge is 0.275 e. The normalized spacial score (nSPS) is 15.0. The second-order valence-corrected chi connectivity index (χ2v) is 6.26. The highest BCUT2D eigenvalue weighted by Gasteiger charge is 2.09. The number of fused-ring (bicyclic) bond motifs is 1. The van der Waals surface area contributed by atoms with E-state index >= 15 is 0 Å². The molecule has 0 fully saturated rings. The van der Waals surface area contributed by atoms with Crippen LogP contribution in [0.3, 0.4) is 0 Å². The van der Waals surface area contributed by atoms with Gasteiger partial charge in [0, 0.05) is 18.3 Å². The molecule has 118 valence electrons. The van der Waals surface area contributed by atoms with Crippen LogP contribution in [0.4, 0.5) is 5.13 Å². The molecule has 2 aromatic heterocycles. The van der Waals surface area contributed by atoms with Crippen LogP contribution in [0, 0.1) is 0 Å². The van der Waals surface area contributed by atoms with Gasteiger partial charge < -0.3 is 10.1 Å². The molecule has 3 heterocycles. The van der Waals surface area contributed by atoms with Crippen molar-refractivity contribution in [3.8, 4) is 0 Å². The van der Waals surface area contributed by atoms with Gasteiger partial charge in [0.1, 0.15) is 0 Å². The molecule has 0 unspecified atom stereocenters. The fraction of sp³-hybridized carbons (Fsp3) is 0.533. The number of nitrogens with one attached hydrogen (secondary N) is 1. The maximum absolute atomic E-state index is 12.0.